The van der Waals surface area contributed by atoms with Gasteiger partial charge in [-0.25, -0.2) is 0 Å². The van der Waals surface area contributed by atoms with Gasteiger partial charge in [-0.3, -0.25) is 4.79 Å². The van der Waals surface area contributed by atoms with Gasteiger partial charge in [0, 0.05) is 11.1 Å². The molecule has 1 rings (SSSR count). The fourth-order valence-corrected chi connectivity index (χ4v) is 1.54. The Kier molecular flexibility index (Phi) is 5.10. The van der Waals surface area contributed by atoms with Crippen molar-refractivity contribution in [3.63, 3.8) is 0 Å². The normalized spacial score (nSPS) is 10.2. The Morgan fingerprint density at radius 1 is 1.47 bits per heavy atom. The van der Waals surface area contributed by atoms with Crippen molar-refractivity contribution < 1.29 is 9.53 Å². The molecule has 0 aromatic heterocycles. The van der Waals surface area contributed by atoms with E-state index < -0.39 is 0 Å². The maximum absolute atomic E-state index is 11.5. The van der Waals surface area contributed by atoms with Crippen LogP contribution in [0.2, 0.25) is 5.02 Å². The smallest absolute Gasteiger partial charge is 0.239 e. The molecule has 0 fully saturated rings. The topological polar surface area (TPSA) is 50.4 Å². The molecule has 0 heterocycles. The highest BCUT2D eigenvalue weighted by molar-refractivity contribution is 6.30. The maximum atomic E-state index is 11.5. The zero-order valence-corrected chi connectivity index (χ0v) is 11.0. The number of carbonyl (C=O) groups excluding carboxylic acids is 1. The third-order valence-corrected chi connectivity index (χ3v) is 2.29. The first-order chi connectivity index (χ1) is 8.02. The molecule has 5 heteroatoms. The van der Waals surface area contributed by atoms with Crippen LogP contribution in [0.25, 0.3) is 0 Å². The zero-order chi connectivity index (χ0) is 12.8. The summed E-state index contributed by atoms with van der Waals surface area (Å²) in [4.78, 5) is 11.5. The molecular formula is C12H17ClN2O2. The van der Waals surface area contributed by atoms with E-state index in [2.05, 4.69) is 10.6 Å². The molecular weight excluding hydrogens is 240 g/mol. The van der Waals surface area contributed by atoms with Crippen LogP contribution in [0.3, 0.4) is 0 Å². The third kappa shape index (κ3) is 4.53. The minimum atomic E-state index is -0.0676. The maximum Gasteiger partial charge on any atom is 0.239 e. The van der Waals surface area contributed by atoms with E-state index in [-0.39, 0.29) is 18.5 Å². The van der Waals surface area contributed by atoms with Crippen molar-refractivity contribution in [3.05, 3.63) is 23.2 Å². The van der Waals surface area contributed by atoms with Crippen LogP contribution in [-0.2, 0) is 4.79 Å². The molecule has 94 valence electrons. The van der Waals surface area contributed by atoms with Gasteiger partial charge in [-0.1, -0.05) is 11.6 Å². The fraction of sp³-hybridized carbons (Fsp3) is 0.417. The van der Waals surface area contributed by atoms with Crippen molar-refractivity contribution in [2.45, 2.75) is 19.9 Å². The number of rotatable bonds is 5. The van der Waals surface area contributed by atoms with Crippen LogP contribution in [0.4, 0.5) is 5.69 Å². The van der Waals surface area contributed by atoms with E-state index in [0.717, 1.165) is 0 Å². The van der Waals surface area contributed by atoms with Crippen LogP contribution in [-0.4, -0.2) is 25.6 Å². The van der Waals surface area contributed by atoms with Crippen molar-refractivity contribution in [2.75, 3.05) is 19.0 Å². The van der Waals surface area contributed by atoms with E-state index in [4.69, 9.17) is 16.3 Å². The second-order valence-corrected chi connectivity index (χ2v) is 4.36. The number of ether oxygens (including phenoxy) is 1. The minimum Gasteiger partial charge on any atom is -0.495 e. The first kappa shape index (κ1) is 13.6. The van der Waals surface area contributed by atoms with Gasteiger partial charge >= 0.3 is 0 Å². The van der Waals surface area contributed by atoms with Gasteiger partial charge in [-0.2, -0.15) is 0 Å². The van der Waals surface area contributed by atoms with E-state index in [0.29, 0.717) is 16.5 Å². The summed E-state index contributed by atoms with van der Waals surface area (Å²) in [6, 6.07) is 5.35. The molecule has 0 unspecified atom stereocenters. The lowest BCUT2D eigenvalue weighted by molar-refractivity contribution is -0.119. The van der Waals surface area contributed by atoms with Gasteiger partial charge < -0.3 is 15.4 Å². The number of carbonyl (C=O) groups is 1. The second kappa shape index (κ2) is 6.35. The molecule has 2 N–H and O–H groups in total. The molecule has 1 aromatic carbocycles. The lowest BCUT2D eigenvalue weighted by Gasteiger charge is -2.12. The number of amides is 1. The summed E-state index contributed by atoms with van der Waals surface area (Å²) < 4.78 is 5.16. The van der Waals surface area contributed by atoms with E-state index in [9.17, 15) is 4.79 Å². The SMILES string of the molecule is COc1ccc(Cl)cc1NCC(=O)NC(C)C. The van der Waals surface area contributed by atoms with Gasteiger partial charge in [0.2, 0.25) is 5.91 Å². The molecule has 1 aromatic rings. The minimum absolute atomic E-state index is 0.0676. The zero-order valence-electron chi connectivity index (χ0n) is 10.2. The average molecular weight is 257 g/mol. The van der Waals surface area contributed by atoms with E-state index in [1.807, 2.05) is 13.8 Å². The molecule has 17 heavy (non-hydrogen) atoms. The lowest BCUT2D eigenvalue weighted by atomic mass is 10.3. The molecule has 0 radical (unpaired) electrons. The molecule has 0 spiro atoms. The molecule has 0 aliphatic heterocycles. The van der Waals surface area contributed by atoms with Crippen molar-refractivity contribution in [3.8, 4) is 5.75 Å². The number of hydrogen-bond donors (Lipinski definition) is 2. The van der Waals surface area contributed by atoms with Crippen molar-refractivity contribution in [1.82, 2.24) is 5.32 Å². The molecule has 1 amide bonds. The summed E-state index contributed by atoms with van der Waals surface area (Å²) in [7, 11) is 1.57. The highest BCUT2D eigenvalue weighted by Crippen LogP contribution is 2.27. The van der Waals surface area contributed by atoms with Gasteiger partial charge in [-0.05, 0) is 32.0 Å². The number of anilines is 1. The average Bonchev–Trinajstić information content (AvgIpc) is 2.25. The second-order valence-electron chi connectivity index (χ2n) is 3.92. The highest BCUT2D eigenvalue weighted by atomic mass is 35.5. The van der Waals surface area contributed by atoms with Gasteiger partial charge in [0.25, 0.3) is 0 Å². The Balaban J connectivity index is 2.62. The van der Waals surface area contributed by atoms with Crippen LogP contribution in [0.5, 0.6) is 5.75 Å². The standard InChI is InChI=1S/C12H17ClN2O2/c1-8(2)15-12(16)7-14-10-6-9(13)4-5-11(10)17-3/h4-6,8,14H,7H2,1-3H3,(H,15,16). The Bertz CT molecular complexity index is 394. The number of nitrogens with one attached hydrogen (secondary N) is 2. The molecule has 0 bridgehead atoms. The van der Waals surface area contributed by atoms with Gasteiger partial charge in [0.1, 0.15) is 5.75 Å². The van der Waals surface area contributed by atoms with Crippen molar-refractivity contribution in [1.29, 1.82) is 0 Å². The summed E-state index contributed by atoms with van der Waals surface area (Å²) >= 11 is 5.88. The summed E-state index contributed by atoms with van der Waals surface area (Å²) in [5.74, 6) is 0.591. The highest BCUT2D eigenvalue weighted by Gasteiger charge is 2.06. The van der Waals surface area contributed by atoms with Crippen LogP contribution >= 0.6 is 11.6 Å². The van der Waals surface area contributed by atoms with Crippen LogP contribution < -0.4 is 15.4 Å². The summed E-state index contributed by atoms with van der Waals surface area (Å²) in [6.45, 7) is 4.02. The predicted molar refractivity (Wildman–Crippen MR) is 69.8 cm³/mol. The molecule has 0 aliphatic rings. The van der Waals surface area contributed by atoms with E-state index in [1.54, 1.807) is 25.3 Å². The Morgan fingerprint density at radius 2 is 2.18 bits per heavy atom. The lowest BCUT2D eigenvalue weighted by Crippen LogP contribution is -2.34. The molecule has 0 saturated carbocycles. The summed E-state index contributed by atoms with van der Waals surface area (Å²) in [5.41, 5.74) is 0.707. The van der Waals surface area contributed by atoms with Crippen LogP contribution in [0.1, 0.15) is 13.8 Å². The first-order valence-electron chi connectivity index (χ1n) is 5.39. The van der Waals surface area contributed by atoms with Crippen LogP contribution in [0.15, 0.2) is 18.2 Å². The fourth-order valence-electron chi connectivity index (χ4n) is 1.37. The van der Waals surface area contributed by atoms with E-state index >= 15 is 0 Å². The summed E-state index contributed by atoms with van der Waals surface area (Å²) in [6.07, 6.45) is 0. The summed E-state index contributed by atoms with van der Waals surface area (Å²) in [5, 5.41) is 6.37. The monoisotopic (exact) mass is 256 g/mol. The first-order valence-corrected chi connectivity index (χ1v) is 5.77. The molecule has 0 atom stereocenters. The van der Waals surface area contributed by atoms with Crippen molar-refractivity contribution >= 4 is 23.2 Å². The van der Waals surface area contributed by atoms with Gasteiger partial charge in [0.15, 0.2) is 0 Å². The van der Waals surface area contributed by atoms with Crippen molar-refractivity contribution in [2.24, 2.45) is 0 Å². The number of halogens is 1. The Labute approximate surface area is 106 Å². The van der Waals surface area contributed by atoms with Gasteiger partial charge in [-0.15, -0.1) is 0 Å². The quantitative estimate of drug-likeness (QED) is 0.850. The Morgan fingerprint density at radius 3 is 2.76 bits per heavy atom. The molecule has 0 saturated heterocycles. The third-order valence-electron chi connectivity index (χ3n) is 2.05. The Hall–Kier alpha value is -1.42. The molecule has 0 aliphatic carbocycles. The van der Waals surface area contributed by atoms with Gasteiger partial charge in [0.05, 0.1) is 19.3 Å². The number of methoxy groups -OCH3 is 1. The predicted octanol–water partition coefficient (Wildman–Crippen LogP) is 2.29. The van der Waals surface area contributed by atoms with E-state index in [1.165, 1.54) is 0 Å². The number of benzene rings is 1. The van der Waals surface area contributed by atoms with Crippen LogP contribution in [0, 0.1) is 0 Å². The number of hydrogen-bond acceptors (Lipinski definition) is 3. The largest absolute Gasteiger partial charge is 0.495 e. The molecule has 4 nitrogen and oxygen atoms in total.